The monoisotopic (exact) mass is 433 g/mol. The normalized spacial score (nSPS) is 19.7. The standard InChI is InChI=1S/C32H35N/c1-6-8-21(2)17-28-15-16-29-25-9-7-10-26(29)20-30-27(19-25)14-13-24(5)32(30)33(28)31-18-22(3)11-12-23(31)4/h6-10,13-15,17-18H,11-12,16,19-20H2,1-5H3/b8-6-,21-17-,28-15-. The summed E-state index contributed by atoms with van der Waals surface area (Å²) in [6.45, 7) is 11.2. The average molecular weight is 434 g/mol. The van der Waals surface area contributed by atoms with Gasteiger partial charge in [-0.1, -0.05) is 54.1 Å². The fourth-order valence-electron chi connectivity index (χ4n) is 5.70. The highest BCUT2D eigenvalue weighted by Crippen LogP contribution is 2.43. The number of hydrogen-bond acceptors (Lipinski definition) is 1. The lowest BCUT2D eigenvalue weighted by Crippen LogP contribution is -2.25. The molecular formula is C32H35N. The molecule has 0 spiro atoms. The van der Waals surface area contributed by atoms with Crippen molar-refractivity contribution in [1.82, 2.24) is 0 Å². The van der Waals surface area contributed by atoms with Crippen LogP contribution in [-0.2, 0) is 19.3 Å². The molecule has 0 radical (unpaired) electrons. The van der Waals surface area contributed by atoms with Crippen LogP contribution in [0.4, 0.5) is 5.69 Å². The number of anilines is 1. The molecule has 0 unspecified atom stereocenters. The van der Waals surface area contributed by atoms with Gasteiger partial charge in [-0.3, -0.25) is 0 Å². The molecule has 2 aromatic rings. The summed E-state index contributed by atoms with van der Waals surface area (Å²) in [5.41, 5.74) is 17.1. The van der Waals surface area contributed by atoms with Gasteiger partial charge in [0.05, 0.1) is 5.69 Å². The van der Waals surface area contributed by atoms with Crippen molar-refractivity contribution in [2.45, 2.75) is 66.7 Å². The zero-order valence-electron chi connectivity index (χ0n) is 20.8. The van der Waals surface area contributed by atoms with Gasteiger partial charge in [-0.25, -0.2) is 0 Å². The number of nitrogens with zero attached hydrogens (tertiary/aromatic N) is 1. The molecule has 5 rings (SSSR count). The first-order valence-corrected chi connectivity index (χ1v) is 12.4. The molecule has 0 aromatic heterocycles. The lowest BCUT2D eigenvalue weighted by atomic mass is 9.92. The smallest absolute Gasteiger partial charge is 0.0528 e. The molecule has 4 bridgehead atoms. The Morgan fingerprint density at radius 1 is 0.909 bits per heavy atom. The van der Waals surface area contributed by atoms with Crippen LogP contribution >= 0.6 is 0 Å². The minimum atomic E-state index is 0.975. The van der Waals surface area contributed by atoms with Gasteiger partial charge in [0.15, 0.2) is 0 Å². The minimum absolute atomic E-state index is 0.975. The number of allylic oxidation sites excluding steroid dienone is 8. The highest BCUT2D eigenvalue weighted by Gasteiger charge is 2.28. The predicted octanol–water partition coefficient (Wildman–Crippen LogP) is 8.27. The van der Waals surface area contributed by atoms with Crippen molar-refractivity contribution in [3.8, 4) is 0 Å². The molecule has 2 aromatic carbocycles. The first-order chi connectivity index (χ1) is 16.0. The van der Waals surface area contributed by atoms with E-state index in [-0.39, 0.29) is 0 Å². The molecule has 0 saturated heterocycles. The molecule has 0 N–H and O–H groups in total. The Morgan fingerprint density at radius 2 is 1.67 bits per heavy atom. The van der Waals surface area contributed by atoms with Crippen molar-refractivity contribution in [2.24, 2.45) is 0 Å². The molecule has 0 fully saturated rings. The Kier molecular flexibility index (Phi) is 5.74. The van der Waals surface area contributed by atoms with E-state index < -0.39 is 0 Å². The van der Waals surface area contributed by atoms with Gasteiger partial charge >= 0.3 is 0 Å². The maximum atomic E-state index is 2.59. The molecule has 33 heavy (non-hydrogen) atoms. The SMILES string of the molecule is C\C=C/C(C)=C\C1=C\Cc2c3cccc2Cc2c(ccc(C)c2N1C1=C(C)CCC(C)=C1)C3. The highest BCUT2D eigenvalue weighted by molar-refractivity contribution is 5.74. The molecule has 3 aliphatic rings. The summed E-state index contributed by atoms with van der Waals surface area (Å²) in [5, 5.41) is 0. The van der Waals surface area contributed by atoms with Gasteiger partial charge in [-0.15, -0.1) is 0 Å². The summed E-state index contributed by atoms with van der Waals surface area (Å²) in [7, 11) is 0. The topological polar surface area (TPSA) is 3.24 Å². The van der Waals surface area contributed by atoms with E-state index in [1.54, 1.807) is 0 Å². The summed E-state index contributed by atoms with van der Waals surface area (Å²) in [5.74, 6) is 0. The predicted molar refractivity (Wildman–Crippen MR) is 142 cm³/mol. The zero-order chi connectivity index (χ0) is 23.1. The first-order valence-electron chi connectivity index (χ1n) is 12.4. The molecule has 0 atom stereocenters. The van der Waals surface area contributed by atoms with E-state index in [9.17, 15) is 0 Å². The molecule has 0 amide bonds. The largest absolute Gasteiger partial charge is 0.310 e. The number of rotatable bonds is 3. The Balaban J connectivity index is 1.85. The summed E-state index contributed by atoms with van der Waals surface area (Å²) >= 11 is 0. The quantitative estimate of drug-likeness (QED) is 0.376. The van der Waals surface area contributed by atoms with Crippen LogP contribution in [0.25, 0.3) is 0 Å². The Labute approximate surface area is 199 Å². The van der Waals surface area contributed by atoms with E-state index in [2.05, 4.69) is 100 Å². The van der Waals surface area contributed by atoms with Crippen molar-refractivity contribution in [3.63, 3.8) is 0 Å². The number of aryl methyl sites for hydroxylation is 1. The van der Waals surface area contributed by atoms with Crippen molar-refractivity contribution in [3.05, 3.63) is 122 Å². The molecular weight excluding hydrogens is 398 g/mol. The van der Waals surface area contributed by atoms with Crippen LogP contribution in [0.5, 0.6) is 0 Å². The highest BCUT2D eigenvalue weighted by atomic mass is 15.2. The van der Waals surface area contributed by atoms with Crippen molar-refractivity contribution < 1.29 is 0 Å². The van der Waals surface area contributed by atoms with E-state index in [0.717, 1.165) is 32.1 Å². The van der Waals surface area contributed by atoms with Crippen LogP contribution in [0, 0.1) is 6.92 Å². The molecule has 0 saturated carbocycles. The molecule has 168 valence electrons. The maximum Gasteiger partial charge on any atom is 0.0528 e. The van der Waals surface area contributed by atoms with Gasteiger partial charge in [0.25, 0.3) is 0 Å². The minimum Gasteiger partial charge on any atom is -0.310 e. The van der Waals surface area contributed by atoms with Gasteiger partial charge in [-0.2, -0.15) is 0 Å². The van der Waals surface area contributed by atoms with E-state index in [4.69, 9.17) is 0 Å². The summed E-state index contributed by atoms with van der Waals surface area (Å²) in [4.78, 5) is 2.59. The Hall–Kier alpha value is -3.06. The van der Waals surface area contributed by atoms with E-state index in [0.29, 0.717) is 0 Å². The zero-order valence-corrected chi connectivity index (χ0v) is 20.8. The first kappa shape index (κ1) is 21.8. The molecule has 1 aliphatic heterocycles. The molecule has 1 nitrogen and oxygen atoms in total. The summed E-state index contributed by atoms with van der Waals surface area (Å²) in [6, 6.07) is 11.6. The van der Waals surface area contributed by atoms with Gasteiger partial charge in [0.2, 0.25) is 0 Å². The van der Waals surface area contributed by atoms with E-state index in [1.165, 1.54) is 67.2 Å². The van der Waals surface area contributed by atoms with Crippen LogP contribution < -0.4 is 4.90 Å². The van der Waals surface area contributed by atoms with Crippen LogP contribution in [0.1, 0.15) is 73.9 Å². The molecule has 1 heterocycles. The second-order valence-electron chi connectivity index (χ2n) is 9.99. The van der Waals surface area contributed by atoms with E-state index in [1.807, 2.05) is 0 Å². The third kappa shape index (κ3) is 3.95. The molecule has 2 aliphatic carbocycles. The molecule has 1 heteroatoms. The van der Waals surface area contributed by atoms with Crippen molar-refractivity contribution in [1.29, 1.82) is 0 Å². The third-order valence-electron chi connectivity index (χ3n) is 7.46. The fraction of sp³-hybridized carbons (Fsp3) is 0.312. The Morgan fingerprint density at radius 3 is 2.45 bits per heavy atom. The van der Waals surface area contributed by atoms with E-state index >= 15 is 0 Å². The summed E-state index contributed by atoms with van der Waals surface area (Å²) < 4.78 is 0. The second kappa shape index (κ2) is 8.71. The van der Waals surface area contributed by atoms with Gasteiger partial charge in [0.1, 0.15) is 0 Å². The Bertz CT molecular complexity index is 1280. The van der Waals surface area contributed by atoms with Crippen molar-refractivity contribution in [2.75, 3.05) is 4.90 Å². The number of hydrogen-bond donors (Lipinski definition) is 0. The summed E-state index contributed by atoms with van der Waals surface area (Å²) in [6.07, 6.45) is 16.9. The van der Waals surface area contributed by atoms with Crippen LogP contribution in [0.3, 0.4) is 0 Å². The second-order valence-corrected chi connectivity index (χ2v) is 9.99. The van der Waals surface area contributed by atoms with Crippen LogP contribution in [0.15, 0.2) is 88.8 Å². The lowest BCUT2D eigenvalue weighted by Gasteiger charge is -2.35. The fourth-order valence-corrected chi connectivity index (χ4v) is 5.70. The number of benzene rings is 2. The van der Waals surface area contributed by atoms with Crippen molar-refractivity contribution >= 4 is 5.69 Å². The average Bonchev–Trinajstić information content (AvgIpc) is 2.83. The van der Waals surface area contributed by atoms with Crippen LogP contribution in [-0.4, -0.2) is 0 Å². The third-order valence-corrected chi connectivity index (χ3v) is 7.46. The van der Waals surface area contributed by atoms with Gasteiger partial charge in [-0.05, 0) is 117 Å². The van der Waals surface area contributed by atoms with Gasteiger partial charge in [0, 0.05) is 17.8 Å². The van der Waals surface area contributed by atoms with Crippen LogP contribution in [0.2, 0.25) is 0 Å². The maximum absolute atomic E-state index is 2.59. The van der Waals surface area contributed by atoms with Gasteiger partial charge < -0.3 is 4.90 Å². The lowest BCUT2D eigenvalue weighted by molar-refractivity contribution is 0.866.